The van der Waals surface area contributed by atoms with Gasteiger partial charge >= 0.3 is 5.97 Å². The monoisotopic (exact) mass is 269 g/mol. The number of halogens is 1. The van der Waals surface area contributed by atoms with Crippen LogP contribution in [0.3, 0.4) is 0 Å². The lowest BCUT2D eigenvalue weighted by molar-refractivity contribution is 0.0602. The zero-order chi connectivity index (χ0) is 11.0. The molecule has 1 aromatic carbocycles. The summed E-state index contributed by atoms with van der Waals surface area (Å²) in [6, 6.07) is 1.76. The molecule has 0 radical (unpaired) electrons. The van der Waals surface area contributed by atoms with Crippen molar-refractivity contribution in [1.29, 1.82) is 0 Å². The zero-order valence-electron chi connectivity index (χ0n) is 8.47. The molecule has 1 aromatic rings. The number of methoxy groups -OCH3 is 1. The molecule has 0 bridgehead atoms. The number of fused-ring (bicyclic) bond motifs is 1. The molecule has 0 aliphatic heterocycles. The molecule has 2 rings (SSSR count). The summed E-state index contributed by atoms with van der Waals surface area (Å²) >= 11 is 3.47. The summed E-state index contributed by atoms with van der Waals surface area (Å²) in [5, 5.41) is 0. The molecule has 0 aromatic heterocycles. The number of hydrogen-bond donors (Lipinski definition) is 1. The summed E-state index contributed by atoms with van der Waals surface area (Å²) in [5.41, 5.74) is 9.34. The van der Waals surface area contributed by atoms with Crippen molar-refractivity contribution in [2.45, 2.75) is 19.3 Å². The molecule has 0 atom stereocenters. The number of nitrogen functional groups attached to an aromatic ring is 1. The smallest absolute Gasteiger partial charge is 0.340 e. The summed E-state index contributed by atoms with van der Waals surface area (Å²) in [4.78, 5) is 11.5. The number of benzene rings is 1. The molecule has 0 saturated heterocycles. The average molecular weight is 270 g/mol. The van der Waals surface area contributed by atoms with E-state index in [1.165, 1.54) is 12.7 Å². The molecule has 0 saturated carbocycles. The van der Waals surface area contributed by atoms with Crippen LogP contribution < -0.4 is 5.73 Å². The summed E-state index contributed by atoms with van der Waals surface area (Å²) in [5.74, 6) is -0.372. The van der Waals surface area contributed by atoms with Crippen LogP contribution in [0.2, 0.25) is 0 Å². The maximum absolute atomic E-state index is 11.5. The highest BCUT2D eigenvalue weighted by atomic mass is 79.9. The van der Waals surface area contributed by atoms with Gasteiger partial charge in [0.15, 0.2) is 0 Å². The van der Waals surface area contributed by atoms with Gasteiger partial charge in [-0.2, -0.15) is 0 Å². The van der Waals surface area contributed by atoms with Gasteiger partial charge in [-0.05, 0) is 36.5 Å². The molecule has 0 heterocycles. The Morgan fingerprint density at radius 1 is 1.47 bits per heavy atom. The summed E-state index contributed by atoms with van der Waals surface area (Å²) < 4.78 is 5.65. The van der Waals surface area contributed by atoms with E-state index in [0.717, 1.165) is 29.3 Å². The third-order valence-corrected chi connectivity index (χ3v) is 3.51. The van der Waals surface area contributed by atoms with Crippen molar-refractivity contribution in [3.8, 4) is 0 Å². The lowest BCUT2D eigenvalue weighted by Gasteiger charge is -2.10. The third kappa shape index (κ3) is 1.63. The first-order valence-corrected chi connectivity index (χ1v) is 5.62. The molecule has 0 amide bonds. The molecular formula is C11H12BrNO2. The first-order chi connectivity index (χ1) is 7.15. The van der Waals surface area contributed by atoms with E-state index in [9.17, 15) is 4.79 Å². The number of esters is 1. The molecule has 0 fully saturated rings. The van der Waals surface area contributed by atoms with Crippen LogP contribution in [-0.2, 0) is 17.6 Å². The Hall–Kier alpha value is -1.03. The lowest BCUT2D eigenvalue weighted by atomic mass is 10.0. The van der Waals surface area contributed by atoms with Crippen molar-refractivity contribution in [1.82, 2.24) is 0 Å². The van der Waals surface area contributed by atoms with Crippen LogP contribution in [0.5, 0.6) is 0 Å². The largest absolute Gasteiger partial charge is 0.465 e. The van der Waals surface area contributed by atoms with Gasteiger partial charge in [-0.1, -0.05) is 15.9 Å². The highest BCUT2D eigenvalue weighted by Gasteiger charge is 2.22. The molecule has 80 valence electrons. The minimum Gasteiger partial charge on any atom is -0.465 e. The van der Waals surface area contributed by atoms with Crippen LogP contribution in [0.25, 0.3) is 0 Å². The molecule has 15 heavy (non-hydrogen) atoms. The lowest BCUT2D eigenvalue weighted by Crippen LogP contribution is -2.08. The molecule has 3 nitrogen and oxygen atoms in total. The van der Waals surface area contributed by atoms with Crippen molar-refractivity contribution in [3.05, 3.63) is 27.2 Å². The fraction of sp³-hybridized carbons (Fsp3) is 0.364. The maximum Gasteiger partial charge on any atom is 0.340 e. The minimum absolute atomic E-state index is 0.372. The van der Waals surface area contributed by atoms with Crippen LogP contribution >= 0.6 is 15.9 Å². The van der Waals surface area contributed by atoms with Crippen LogP contribution in [0, 0.1) is 0 Å². The third-order valence-electron chi connectivity index (χ3n) is 2.80. The first-order valence-electron chi connectivity index (χ1n) is 4.83. The van der Waals surface area contributed by atoms with Crippen molar-refractivity contribution in [2.75, 3.05) is 12.8 Å². The van der Waals surface area contributed by atoms with Gasteiger partial charge < -0.3 is 10.5 Å². The second-order valence-corrected chi connectivity index (χ2v) is 4.48. The number of carbonyl (C=O) groups is 1. The molecule has 0 unspecified atom stereocenters. The van der Waals surface area contributed by atoms with Gasteiger partial charge in [-0.15, -0.1) is 0 Å². The second-order valence-electron chi connectivity index (χ2n) is 3.62. The molecule has 0 spiro atoms. The number of nitrogens with two attached hydrogens (primary N) is 1. The maximum atomic E-state index is 11.5. The molecule has 1 aliphatic carbocycles. The van der Waals surface area contributed by atoms with E-state index in [1.807, 2.05) is 0 Å². The van der Waals surface area contributed by atoms with Gasteiger partial charge in [0.2, 0.25) is 0 Å². The van der Waals surface area contributed by atoms with Gasteiger partial charge in [0.25, 0.3) is 0 Å². The van der Waals surface area contributed by atoms with Gasteiger partial charge in [0.05, 0.1) is 12.7 Å². The van der Waals surface area contributed by atoms with Crippen LogP contribution in [0.4, 0.5) is 5.69 Å². The summed E-state index contributed by atoms with van der Waals surface area (Å²) in [6.45, 7) is 0. The number of ether oxygens (including phenoxy) is 1. The summed E-state index contributed by atoms with van der Waals surface area (Å²) in [7, 11) is 1.36. The van der Waals surface area contributed by atoms with Crippen molar-refractivity contribution < 1.29 is 9.53 Å². The van der Waals surface area contributed by atoms with Crippen LogP contribution in [-0.4, -0.2) is 13.1 Å². The first kappa shape index (κ1) is 10.5. The van der Waals surface area contributed by atoms with E-state index >= 15 is 0 Å². The zero-order valence-corrected chi connectivity index (χ0v) is 10.1. The topological polar surface area (TPSA) is 52.3 Å². The molecule has 2 N–H and O–H groups in total. The van der Waals surface area contributed by atoms with E-state index in [2.05, 4.69) is 15.9 Å². The summed E-state index contributed by atoms with van der Waals surface area (Å²) in [6.07, 6.45) is 3.08. The predicted molar refractivity (Wildman–Crippen MR) is 61.9 cm³/mol. The highest BCUT2D eigenvalue weighted by molar-refractivity contribution is 9.10. The Morgan fingerprint density at radius 2 is 2.13 bits per heavy atom. The van der Waals surface area contributed by atoms with E-state index in [1.54, 1.807) is 6.07 Å². The van der Waals surface area contributed by atoms with Crippen LogP contribution in [0.15, 0.2) is 10.5 Å². The van der Waals surface area contributed by atoms with E-state index in [4.69, 9.17) is 10.5 Å². The average Bonchev–Trinajstić information content (AvgIpc) is 2.71. The Balaban J connectivity index is 2.59. The van der Waals surface area contributed by atoms with E-state index in [0.29, 0.717) is 11.3 Å². The Labute approximate surface area is 96.7 Å². The number of hydrogen-bond acceptors (Lipinski definition) is 3. The fourth-order valence-corrected chi connectivity index (χ4v) is 2.70. The quantitative estimate of drug-likeness (QED) is 0.629. The molecule has 1 aliphatic rings. The molecule has 4 heteroatoms. The standard InChI is InChI=1S/C11H12BrNO2/c1-15-11(14)8-5-9(12)6-3-2-4-7(6)10(8)13/h5H,2-4,13H2,1H3. The number of carbonyl (C=O) groups excluding carboxylic acids is 1. The van der Waals surface area contributed by atoms with E-state index < -0.39 is 0 Å². The Bertz CT molecular complexity index is 429. The normalized spacial score (nSPS) is 13.7. The van der Waals surface area contributed by atoms with Gasteiger partial charge in [0.1, 0.15) is 0 Å². The van der Waals surface area contributed by atoms with E-state index in [-0.39, 0.29) is 5.97 Å². The Kier molecular flexibility index (Phi) is 2.69. The predicted octanol–water partition coefficient (Wildman–Crippen LogP) is 2.31. The number of rotatable bonds is 1. The van der Waals surface area contributed by atoms with Crippen molar-refractivity contribution in [2.24, 2.45) is 0 Å². The Morgan fingerprint density at radius 3 is 2.80 bits per heavy atom. The van der Waals surface area contributed by atoms with Crippen LogP contribution in [0.1, 0.15) is 27.9 Å². The number of anilines is 1. The highest BCUT2D eigenvalue weighted by Crippen LogP contribution is 2.35. The molecular weight excluding hydrogens is 258 g/mol. The van der Waals surface area contributed by atoms with Gasteiger partial charge in [-0.25, -0.2) is 4.79 Å². The fourth-order valence-electron chi connectivity index (χ4n) is 2.04. The second kappa shape index (κ2) is 3.85. The SMILES string of the molecule is COC(=O)c1cc(Br)c2c(c1N)CCC2. The minimum atomic E-state index is -0.372. The van der Waals surface area contributed by atoms with Crippen molar-refractivity contribution >= 4 is 27.6 Å². The van der Waals surface area contributed by atoms with Gasteiger partial charge in [0, 0.05) is 10.2 Å². The van der Waals surface area contributed by atoms with Gasteiger partial charge in [-0.3, -0.25) is 0 Å². The van der Waals surface area contributed by atoms with Crippen molar-refractivity contribution in [3.63, 3.8) is 0 Å².